The number of hydrogen-bond donors (Lipinski definition) is 3. The number of thiophene rings is 1. The molecule has 4 fully saturated rings. The van der Waals surface area contributed by atoms with Crippen molar-refractivity contribution in [3.63, 3.8) is 0 Å². The van der Waals surface area contributed by atoms with Crippen LogP contribution in [0.5, 0.6) is 5.75 Å². The van der Waals surface area contributed by atoms with Gasteiger partial charge in [0.1, 0.15) is 5.75 Å². The number of anilines is 2. The number of likely N-dealkylation sites (tertiary alicyclic amines) is 1. The van der Waals surface area contributed by atoms with E-state index in [0.29, 0.717) is 29.4 Å². The molecule has 0 atom stereocenters. The first-order valence-electron chi connectivity index (χ1n) is 15.4. The highest BCUT2D eigenvalue weighted by Crippen LogP contribution is 2.43. The molecule has 1 spiro atoms. The predicted octanol–water partition coefficient (Wildman–Crippen LogP) is 5.03. The molecule has 0 bridgehead atoms. The smallest absolute Gasteiger partial charge is 0.238 e. The van der Waals surface area contributed by atoms with Crippen LogP contribution in [0.25, 0.3) is 10.1 Å². The van der Waals surface area contributed by atoms with Crippen LogP contribution in [0, 0.1) is 23.2 Å². The molecule has 4 aliphatic rings. The fourth-order valence-electron chi connectivity index (χ4n) is 6.91. The molecule has 2 saturated heterocycles. The maximum Gasteiger partial charge on any atom is 0.238 e. The van der Waals surface area contributed by atoms with Crippen molar-refractivity contribution >= 4 is 42.8 Å². The molecule has 2 aliphatic heterocycles. The lowest BCUT2D eigenvalue weighted by Crippen LogP contribution is -2.68. The second-order valence-corrected chi connectivity index (χ2v) is 15.4. The van der Waals surface area contributed by atoms with Gasteiger partial charge in [-0.15, -0.1) is 11.3 Å². The Bertz CT molecular complexity index is 1670. The molecule has 3 aromatic rings. The summed E-state index contributed by atoms with van der Waals surface area (Å²) in [5.74, 6) is 7.94. The zero-order chi connectivity index (χ0) is 29.6. The number of methoxy groups -OCH3 is 1. The molecular weight excluding hydrogens is 581 g/mol. The van der Waals surface area contributed by atoms with E-state index < -0.39 is 10.0 Å². The van der Waals surface area contributed by atoms with Crippen molar-refractivity contribution in [1.29, 1.82) is 0 Å². The maximum absolute atomic E-state index is 11.7. The molecule has 0 unspecified atom stereocenters. The molecule has 2 saturated carbocycles. The molecule has 8 nitrogen and oxygen atoms in total. The highest BCUT2D eigenvalue weighted by Gasteiger charge is 2.50. The molecule has 10 heteroatoms. The summed E-state index contributed by atoms with van der Waals surface area (Å²) in [6.07, 6.45) is 8.63. The van der Waals surface area contributed by atoms with E-state index in [-0.39, 0.29) is 4.90 Å². The Hall–Kier alpha value is -2.81. The van der Waals surface area contributed by atoms with E-state index in [1.807, 2.05) is 0 Å². The van der Waals surface area contributed by atoms with Crippen LogP contribution in [0.3, 0.4) is 0 Å². The van der Waals surface area contributed by atoms with Crippen LogP contribution >= 0.6 is 11.3 Å². The predicted molar refractivity (Wildman–Crippen MR) is 172 cm³/mol. The summed E-state index contributed by atoms with van der Waals surface area (Å²) >= 11 is 1.81. The summed E-state index contributed by atoms with van der Waals surface area (Å²) < 4.78 is 35.6. The topological polar surface area (TPSA) is 106 Å². The number of primary sulfonamides is 1. The number of rotatable bonds is 9. The van der Waals surface area contributed by atoms with Gasteiger partial charge in [-0.2, -0.15) is 0 Å². The number of benzene rings is 2. The molecule has 43 heavy (non-hydrogen) atoms. The first kappa shape index (κ1) is 28.9. The van der Waals surface area contributed by atoms with Crippen LogP contribution in [0.2, 0.25) is 0 Å². The van der Waals surface area contributed by atoms with Gasteiger partial charge in [0.2, 0.25) is 10.0 Å². The number of nitrogens with two attached hydrogens (primary N) is 1. The molecule has 1 aromatic heterocycles. The summed E-state index contributed by atoms with van der Waals surface area (Å²) in [6, 6.07) is 12.5. The summed E-state index contributed by atoms with van der Waals surface area (Å²) in [7, 11) is -2.30. The zero-order valence-corrected chi connectivity index (χ0v) is 26.3. The van der Waals surface area contributed by atoms with Crippen LogP contribution in [-0.4, -0.2) is 65.4 Å². The van der Waals surface area contributed by atoms with Crippen molar-refractivity contribution in [1.82, 2.24) is 4.90 Å². The van der Waals surface area contributed by atoms with Crippen molar-refractivity contribution in [2.45, 2.75) is 61.9 Å². The van der Waals surface area contributed by atoms with Crippen LogP contribution in [0.15, 0.2) is 41.3 Å². The van der Waals surface area contributed by atoms with E-state index in [4.69, 9.17) is 14.6 Å². The Morgan fingerprint density at radius 2 is 1.88 bits per heavy atom. The lowest BCUT2D eigenvalue weighted by molar-refractivity contribution is -0.200. The Morgan fingerprint density at radius 1 is 1.09 bits per heavy atom. The van der Waals surface area contributed by atoms with E-state index in [1.165, 1.54) is 92.2 Å². The van der Waals surface area contributed by atoms with Gasteiger partial charge in [-0.05, 0) is 80.0 Å². The van der Waals surface area contributed by atoms with Gasteiger partial charge in [0.15, 0.2) is 0 Å². The van der Waals surface area contributed by atoms with E-state index in [9.17, 15) is 8.42 Å². The number of nitrogens with zero attached hydrogens (tertiary/aromatic N) is 1. The summed E-state index contributed by atoms with van der Waals surface area (Å²) in [6.45, 7) is 4.78. The van der Waals surface area contributed by atoms with Crippen LogP contribution in [0.4, 0.5) is 11.4 Å². The zero-order valence-electron chi connectivity index (χ0n) is 24.7. The van der Waals surface area contributed by atoms with E-state index in [1.54, 1.807) is 17.4 Å². The molecule has 0 amide bonds. The fraction of sp³-hybridized carbons (Fsp3) is 0.515. The molecule has 0 radical (unpaired) electrons. The number of ether oxygens (including phenoxy) is 2. The first-order chi connectivity index (χ1) is 20.8. The van der Waals surface area contributed by atoms with E-state index in [0.717, 1.165) is 36.5 Å². The van der Waals surface area contributed by atoms with Crippen molar-refractivity contribution < 1.29 is 17.9 Å². The van der Waals surface area contributed by atoms with Crippen molar-refractivity contribution in [3.05, 3.63) is 46.8 Å². The van der Waals surface area contributed by atoms with Gasteiger partial charge >= 0.3 is 0 Å². The average Bonchev–Trinajstić information content (AvgIpc) is 3.70. The average molecular weight is 621 g/mol. The molecule has 3 heterocycles. The van der Waals surface area contributed by atoms with Crippen molar-refractivity contribution in [3.8, 4) is 17.6 Å². The maximum atomic E-state index is 11.7. The monoisotopic (exact) mass is 620 g/mol. The van der Waals surface area contributed by atoms with Gasteiger partial charge in [-0.1, -0.05) is 24.0 Å². The molecule has 2 aromatic carbocycles. The quantitative estimate of drug-likeness (QED) is 0.288. The fourth-order valence-corrected chi connectivity index (χ4v) is 8.62. The summed E-state index contributed by atoms with van der Waals surface area (Å²) in [4.78, 5) is 3.85. The summed E-state index contributed by atoms with van der Waals surface area (Å²) in [5, 5.41) is 13.8. The second kappa shape index (κ2) is 11.6. The lowest BCUT2D eigenvalue weighted by atomic mass is 9.75. The van der Waals surface area contributed by atoms with Crippen molar-refractivity contribution in [2.75, 3.05) is 50.6 Å². The largest absolute Gasteiger partial charge is 0.495 e. The van der Waals surface area contributed by atoms with E-state index in [2.05, 4.69) is 45.6 Å². The van der Waals surface area contributed by atoms with Gasteiger partial charge in [-0.25, -0.2) is 13.6 Å². The Morgan fingerprint density at radius 3 is 2.56 bits per heavy atom. The lowest BCUT2D eigenvalue weighted by Gasteiger charge is -2.58. The number of fused-ring (bicyclic) bond motifs is 1. The second-order valence-electron chi connectivity index (χ2n) is 12.8. The SMILES string of the molecule is COc1cc(S(N)(=O)=O)ccc1NCC#Cc1sc2c(NC3CCC(N4CC5(COC5)C4)CC3)cccc2c1CC1CC1. The Kier molecular flexibility index (Phi) is 7.81. The third-order valence-electron chi connectivity index (χ3n) is 9.54. The Labute approximate surface area is 258 Å². The Balaban J connectivity index is 1.04. The first-order valence-corrected chi connectivity index (χ1v) is 17.7. The highest BCUT2D eigenvalue weighted by molar-refractivity contribution is 7.89. The third kappa shape index (κ3) is 6.11. The normalized spacial score (nSPS) is 23.2. The number of nitrogens with one attached hydrogen (secondary N) is 2. The van der Waals surface area contributed by atoms with Gasteiger partial charge in [-0.3, -0.25) is 4.90 Å². The van der Waals surface area contributed by atoms with Crippen LogP contribution in [-0.2, 0) is 21.2 Å². The van der Waals surface area contributed by atoms with Crippen LogP contribution < -0.4 is 20.5 Å². The molecule has 2 aliphatic carbocycles. The number of hydrogen-bond acceptors (Lipinski definition) is 8. The summed E-state index contributed by atoms with van der Waals surface area (Å²) in [5.41, 5.74) is 3.78. The minimum absolute atomic E-state index is 0.0157. The van der Waals surface area contributed by atoms with Crippen molar-refractivity contribution in [2.24, 2.45) is 16.5 Å². The standard InChI is InChI=1S/C33H40N4O4S2/c1-40-30-17-25(43(34,38)39)13-14-28(30)35-15-3-6-31-27(16-22-7-8-22)26-4-2-5-29(32(26)42-31)36-23-9-11-24(12-10-23)37-18-33(19-37)20-41-21-33/h2,4-5,13-14,17,22-24,35-36H,7-12,15-16,18-21H2,1H3,(H2,34,38,39). The van der Waals surface area contributed by atoms with Crippen LogP contribution in [0.1, 0.15) is 49.0 Å². The molecule has 228 valence electrons. The minimum Gasteiger partial charge on any atom is -0.495 e. The third-order valence-corrected chi connectivity index (χ3v) is 11.7. The van der Waals surface area contributed by atoms with Gasteiger partial charge in [0, 0.05) is 36.7 Å². The minimum atomic E-state index is -3.80. The molecule has 4 N–H and O–H groups in total. The highest BCUT2D eigenvalue weighted by atomic mass is 32.2. The molecule has 7 rings (SSSR count). The number of sulfonamides is 1. The molecular formula is C33H40N4O4S2. The van der Waals surface area contributed by atoms with E-state index >= 15 is 0 Å². The van der Waals surface area contributed by atoms with Gasteiger partial charge < -0.3 is 20.1 Å². The van der Waals surface area contributed by atoms with Gasteiger partial charge in [0.05, 0.1) is 52.7 Å². The van der Waals surface area contributed by atoms with Gasteiger partial charge in [0.25, 0.3) is 0 Å².